The van der Waals surface area contributed by atoms with E-state index in [1.54, 1.807) is 12.1 Å². The van der Waals surface area contributed by atoms with Crippen molar-refractivity contribution in [1.29, 1.82) is 0 Å². The smallest absolute Gasteiger partial charge is 0.141 e. The van der Waals surface area contributed by atoms with E-state index in [1.807, 2.05) is 0 Å². The van der Waals surface area contributed by atoms with E-state index in [-0.39, 0.29) is 23.2 Å². The first-order valence-corrected chi connectivity index (χ1v) is 10.0. The van der Waals surface area contributed by atoms with Crippen LogP contribution in [0.3, 0.4) is 0 Å². The molecule has 2 aromatic rings. The van der Waals surface area contributed by atoms with Gasteiger partial charge in [-0.3, -0.25) is 0 Å². The van der Waals surface area contributed by atoms with Crippen LogP contribution in [-0.4, -0.2) is 47.2 Å². The molecule has 0 amide bonds. The standard InChI is InChI=1S/C20H26ClFN4.ClH/c21-17-13-16(3-4-18(17)22)19-14-26(12-11-25-9-1-2-10-25)20(24-19)15-5-7-23-8-6-15;/h3-4,13-15,23H,1-2,5-12H2;1H. The van der Waals surface area contributed by atoms with Crippen LogP contribution in [-0.2, 0) is 6.54 Å². The lowest BCUT2D eigenvalue weighted by molar-refractivity contribution is 0.316. The zero-order chi connectivity index (χ0) is 17.9. The molecule has 0 radical (unpaired) electrons. The molecule has 2 fully saturated rings. The second kappa shape index (κ2) is 9.37. The summed E-state index contributed by atoms with van der Waals surface area (Å²) in [6, 6.07) is 4.86. The highest BCUT2D eigenvalue weighted by Gasteiger charge is 2.22. The molecule has 27 heavy (non-hydrogen) atoms. The van der Waals surface area contributed by atoms with E-state index in [4.69, 9.17) is 16.6 Å². The Morgan fingerprint density at radius 2 is 1.89 bits per heavy atom. The number of hydrogen-bond acceptors (Lipinski definition) is 3. The minimum absolute atomic E-state index is 0. The van der Waals surface area contributed by atoms with Crippen LogP contribution >= 0.6 is 24.0 Å². The predicted molar refractivity (Wildman–Crippen MR) is 110 cm³/mol. The summed E-state index contributed by atoms with van der Waals surface area (Å²) in [6.45, 7) is 6.53. The van der Waals surface area contributed by atoms with Crippen LogP contribution in [0.4, 0.5) is 4.39 Å². The highest BCUT2D eigenvalue weighted by Crippen LogP contribution is 2.30. The number of halogens is 3. The number of nitrogens with one attached hydrogen (secondary N) is 1. The molecule has 2 aliphatic rings. The molecule has 2 aliphatic heterocycles. The minimum atomic E-state index is -0.387. The van der Waals surface area contributed by atoms with E-state index < -0.39 is 0 Å². The molecule has 0 bridgehead atoms. The highest BCUT2D eigenvalue weighted by molar-refractivity contribution is 6.31. The van der Waals surface area contributed by atoms with Crippen LogP contribution in [0.1, 0.15) is 37.4 Å². The van der Waals surface area contributed by atoms with Crippen LogP contribution in [0.5, 0.6) is 0 Å². The summed E-state index contributed by atoms with van der Waals surface area (Å²) in [4.78, 5) is 7.48. The number of piperidine rings is 1. The minimum Gasteiger partial charge on any atom is -0.333 e. The van der Waals surface area contributed by atoms with Crippen molar-refractivity contribution in [3.63, 3.8) is 0 Å². The Morgan fingerprint density at radius 3 is 2.59 bits per heavy atom. The van der Waals surface area contributed by atoms with Gasteiger partial charge in [-0.1, -0.05) is 11.6 Å². The molecule has 148 valence electrons. The fourth-order valence-electron chi connectivity index (χ4n) is 4.07. The van der Waals surface area contributed by atoms with Gasteiger partial charge in [0.25, 0.3) is 0 Å². The number of benzene rings is 1. The number of rotatable bonds is 5. The Morgan fingerprint density at radius 1 is 1.15 bits per heavy atom. The Kier molecular flexibility index (Phi) is 7.15. The second-order valence-electron chi connectivity index (χ2n) is 7.38. The number of imidazole rings is 1. The van der Waals surface area contributed by atoms with Gasteiger partial charge in [-0.25, -0.2) is 9.37 Å². The van der Waals surface area contributed by atoms with Crippen LogP contribution in [0.15, 0.2) is 24.4 Å². The van der Waals surface area contributed by atoms with Crippen molar-refractivity contribution in [1.82, 2.24) is 19.8 Å². The summed E-state index contributed by atoms with van der Waals surface area (Å²) in [5, 5.41) is 3.58. The van der Waals surface area contributed by atoms with Crippen molar-refractivity contribution in [2.24, 2.45) is 0 Å². The number of hydrogen-bond donors (Lipinski definition) is 1. The first kappa shape index (κ1) is 20.6. The molecule has 3 heterocycles. The van der Waals surface area contributed by atoms with Crippen molar-refractivity contribution >= 4 is 24.0 Å². The molecule has 1 N–H and O–H groups in total. The van der Waals surface area contributed by atoms with Gasteiger partial charge in [-0.15, -0.1) is 12.4 Å². The largest absolute Gasteiger partial charge is 0.333 e. The van der Waals surface area contributed by atoms with E-state index in [0.717, 1.165) is 50.3 Å². The van der Waals surface area contributed by atoms with Crippen molar-refractivity contribution in [2.45, 2.75) is 38.1 Å². The van der Waals surface area contributed by atoms with E-state index >= 15 is 0 Å². The van der Waals surface area contributed by atoms with Crippen LogP contribution < -0.4 is 5.32 Å². The number of likely N-dealkylation sites (tertiary alicyclic amines) is 1. The van der Waals surface area contributed by atoms with Crippen molar-refractivity contribution in [2.75, 3.05) is 32.7 Å². The zero-order valence-electron chi connectivity index (χ0n) is 15.5. The monoisotopic (exact) mass is 412 g/mol. The first-order chi connectivity index (χ1) is 12.7. The van der Waals surface area contributed by atoms with E-state index in [1.165, 1.54) is 37.8 Å². The molecule has 0 aliphatic carbocycles. The fraction of sp³-hybridized carbons (Fsp3) is 0.550. The maximum absolute atomic E-state index is 13.5. The molecule has 0 unspecified atom stereocenters. The Bertz CT molecular complexity index is 752. The van der Waals surface area contributed by atoms with Gasteiger partial charge in [0.2, 0.25) is 0 Å². The van der Waals surface area contributed by atoms with Crippen LogP contribution in [0, 0.1) is 5.82 Å². The predicted octanol–water partition coefficient (Wildman–Crippen LogP) is 4.33. The van der Waals surface area contributed by atoms with Gasteiger partial charge in [0.05, 0.1) is 10.7 Å². The summed E-state index contributed by atoms with van der Waals surface area (Å²) >= 11 is 5.98. The third-order valence-corrected chi connectivity index (χ3v) is 5.87. The van der Waals surface area contributed by atoms with Gasteiger partial charge >= 0.3 is 0 Å². The quantitative estimate of drug-likeness (QED) is 0.792. The molecular formula is C20H27Cl2FN4. The molecule has 7 heteroatoms. The van der Waals surface area contributed by atoms with Crippen LogP contribution in [0.25, 0.3) is 11.3 Å². The summed E-state index contributed by atoms with van der Waals surface area (Å²) in [5.41, 5.74) is 1.77. The summed E-state index contributed by atoms with van der Waals surface area (Å²) in [7, 11) is 0. The van der Waals surface area contributed by atoms with Crippen molar-refractivity contribution in [3.8, 4) is 11.3 Å². The van der Waals surface area contributed by atoms with Gasteiger partial charge in [0.1, 0.15) is 11.6 Å². The summed E-state index contributed by atoms with van der Waals surface area (Å²) < 4.78 is 15.8. The maximum atomic E-state index is 13.5. The molecule has 0 atom stereocenters. The maximum Gasteiger partial charge on any atom is 0.141 e. The Hall–Kier alpha value is -1.14. The summed E-state index contributed by atoms with van der Waals surface area (Å²) in [6.07, 6.45) is 6.97. The third kappa shape index (κ3) is 4.83. The Labute approximate surface area is 171 Å². The topological polar surface area (TPSA) is 33.1 Å². The molecular weight excluding hydrogens is 386 g/mol. The highest BCUT2D eigenvalue weighted by atomic mass is 35.5. The average Bonchev–Trinajstić information content (AvgIpc) is 3.32. The molecule has 2 saturated heterocycles. The first-order valence-electron chi connectivity index (χ1n) is 9.66. The SMILES string of the molecule is Cl.Fc1ccc(-c2cn(CCN3CCCC3)c(C3CCNCC3)n2)cc1Cl. The number of nitrogens with zero attached hydrogens (tertiary/aromatic N) is 3. The van der Waals surface area contributed by atoms with Crippen LogP contribution in [0.2, 0.25) is 5.02 Å². The van der Waals surface area contributed by atoms with E-state index in [2.05, 4.69) is 21.0 Å². The third-order valence-electron chi connectivity index (χ3n) is 5.58. The number of aromatic nitrogens is 2. The molecule has 4 rings (SSSR count). The van der Waals surface area contributed by atoms with Gasteiger partial charge in [0, 0.05) is 30.8 Å². The van der Waals surface area contributed by atoms with Crippen molar-refractivity contribution in [3.05, 3.63) is 41.1 Å². The zero-order valence-corrected chi connectivity index (χ0v) is 17.0. The molecule has 1 aromatic carbocycles. The van der Waals surface area contributed by atoms with Gasteiger partial charge in [-0.05, 0) is 70.1 Å². The Balaban J connectivity index is 0.00000210. The summed E-state index contributed by atoms with van der Waals surface area (Å²) in [5.74, 6) is 1.27. The van der Waals surface area contributed by atoms with Crippen molar-refractivity contribution < 1.29 is 4.39 Å². The molecule has 0 saturated carbocycles. The van der Waals surface area contributed by atoms with Gasteiger partial charge < -0.3 is 14.8 Å². The normalized spacial score (nSPS) is 18.6. The lowest BCUT2D eigenvalue weighted by atomic mass is 9.97. The average molecular weight is 413 g/mol. The fourth-order valence-corrected chi connectivity index (χ4v) is 4.25. The van der Waals surface area contributed by atoms with Gasteiger partial charge in [0.15, 0.2) is 0 Å². The molecule has 0 spiro atoms. The lowest BCUT2D eigenvalue weighted by Gasteiger charge is -2.24. The second-order valence-corrected chi connectivity index (χ2v) is 7.79. The van der Waals surface area contributed by atoms with E-state index in [0.29, 0.717) is 5.92 Å². The molecule has 1 aromatic heterocycles. The van der Waals surface area contributed by atoms with Gasteiger partial charge in [-0.2, -0.15) is 0 Å². The molecule has 4 nitrogen and oxygen atoms in total. The van der Waals surface area contributed by atoms with E-state index in [9.17, 15) is 4.39 Å². The lowest BCUT2D eigenvalue weighted by Crippen LogP contribution is -2.29.